The molecule has 0 spiro atoms. The molecule has 0 radical (unpaired) electrons. The topological polar surface area (TPSA) is 44.4 Å². The van der Waals surface area contributed by atoms with Crippen LogP contribution in [0.1, 0.15) is 30.2 Å². The maximum atomic E-state index is 11.9. The van der Waals surface area contributed by atoms with E-state index < -0.39 is 0 Å². The number of halogens is 2. The molecule has 2 atom stereocenters. The molecule has 0 bridgehead atoms. The fourth-order valence-corrected chi connectivity index (χ4v) is 3.38. The minimum atomic E-state index is 0. The van der Waals surface area contributed by atoms with Crippen LogP contribution in [0.3, 0.4) is 0 Å². The van der Waals surface area contributed by atoms with Crippen LogP contribution < -0.4 is 10.6 Å². The summed E-state index contributed by atoms with van der Waals surface area (Å²) in [5.74, 6) is 0.155. The van der Waals surface area contributed by atoms with Crippen molar-refractivity contribution in [2.75, 3.05) is 27.2 Å². The van der Waals surface area contributed by atoms with Gasteiger partial charge in [0.25, 0.3) is 0 Å². The number of likely N-dealkylation sites (N-methyl/N-ethyl adjacent to an activating group) is 1. The molecule has 0 aliphatic carbocycles. The highest BCUT2D eigenvalue weighted by molar-refractivity contribution is 7.10. The zero-order valence-electron chi connectivity index (χ0n) is 12.5. The van der Waals surface area contributed by atoms with Gasteiger partial charge in [0.1, 0.15) is 0 Å². The van der Waals surface area contributed by atoms with Crippen LogP contribution >= 0.6 is 36.2 Å². The van der Waals surface area contributed by atoms with E-state index >= 15 is 0 Å². The maximum Gasteiger partial charge on any atom is 0.221 e. The van der Waals surface area contributed by atoms with Crippen molar-refractivity contribution < 1.29 is 4.79 Å². The molecule has 4 nitrogen and oxygen atoms in total. The number of nitrogens with zero attached hydrogens (tertiary/aromatic N) is 1. The third-order valence-corrected chi connectivity index (χ3v) is 4.56. The lowest BCUT2D eigenvalue weighted by Crippen LogP contribution is -2.37. The van der Waals surface area contributed by atoms with E-state index in [1.165, 1.54) is 11.3 Å². The minimum absolute atomic E-state index is 0. The lowest BCUT2D eigenvalue weighted by Gasteiger charge is -2.23. The van der Waals surface area contributed by atoms with Crippen LogP contribution in [-0.4, -0.2) is 44.0 Å². The van der Waals surface area contributed by atoms with Crippen molar-refractivity contribution in [2.24, 2.45) is 0 Å². The van der Waals surface area contributed by atoms with Gasteiger partial charge < -0.3 is 15.5 Å². The van der Waals surface area contributed by atoms with Gasteiger partial charge in [0.05, 0.1) is 6.04 Å². The molecule has 1 aromatic rings. The van der Waals surface area contributed by atoms with E-state index in [1.807, 2.05) is 0 Å². The van der Waals surface area contributed by atoms with E-state index in [1.54, 1.807) is 11.3 Å². The molecule has 1 amide bonds. The third-order valence-electron chi connectivity index (χ3n) is 3.58. The maximum absolute atomic E-state index is 11.9. The van der Waals surface area contributed by atoms with Gasteiger partial charge in [-0.15, -0.1) is 36.2 Å². The van der Waals surface area contributed by atoms with Gasteiger partial charge in [-0.1, -0.05) is 6.07 Å². The summed E-state index contributed by atoms with van der Waals surface area (Å²) in [6.45, 7) is 1.73. The number of carbonyl (C=O) groups is 1. The largest absolute Gasteiger partial charge is 0.354 e. The minimum Gasteiger partial charge on any atom is -0.354 e. The molecular formula is C14H25Cl2N3OS. The Morgan fingerprint density at radius 2 is 2.29 bits per heavy atom. The molecule has 0 saturated carbocycles. The molecule has 2 unspecified atom stereocenters. The Bertz CT molecular complexity index is 395. The molecule has 1 aliphatic rings. The number of rotatable bonds is 6. The predicted octanol–water partition coefficient (Wildman–Crippen LogP) is 2.45. The summed E-state index contributed by atoms with van der Waals surface area (Å²) in [5, 5.41) is 8.50. The van der Waals surface area contributed by atoms with Gasteiger partial charge in [0, 0.05) is 23.9 Å². The quantitative estimate of drug-likeness (QED) is 0.825. The Morgan fingerprint density at radius 3 is 2.81 bits per heavy atom. The first-order chi connectivity index (χ1) is 9.16. The van der Waals surface area contributed by atoms with Gasteiger partial charge in [0.15, 0.2) is 0 Å². The highest BCUT2D eigenvalue weighted by Crippen LogP contribution is 2.22. The zero-order chi connectivity index (χ0) is 13.7. The monoisotopic (exact) mass is 353 g/mol. The Balaban J connectivity index is 0.00000200. The third kappa shape index (κ3) is 6.53. The molecule has 1 aromatic heterocycles. The van der Waals surface area contributed by atoms with Crippen LogP contribution in [0, 0.1) is 0 Å². The molecule has 122 valence electrons. The number of hydrogen-bond acceptors (Lipinski definition) is 4. The Hall–Kier alpha value is -0.330. The fourth-order valence-electron chi connectivity index (χ4n) is 2.46. The molecule has 21 heavy (non-hydrogen) atoms. The molecule has 2 rings (SSSR count). The molecule has 1 fully saturated rings. The van der Waals surface area contributed by atoms with Crippen LogP contribution in [0.15, 0.2) is 17.5 Å². The van der Waals surface area contributed by atoms with Gasteiger partial charge in [-0.2, -0.15) is 0 Å². The Morgan fingerprint density at radius 1 is 1.52 bits per heavy atom. The summed E-state index contributed by atoms with van der Waals surface area (Å²) in [7, 11) is 4.10. The number of hydrogen-bond donors (Lipinski definition) is 2. The van der Waals surface area contributed by atoms with Crippen LogP contribution in [0.25, 0.3) is 0 Å². The van der Waals surface area contributed by atoms with Gasteiger partial charge in [-0.3, -0.25) is 4.79 Å². The van der Waals surface area contributed by atoms with E-state index in [2.05, 4.69) is 47.1 Å². The van der Waals surface area contributed by atoms with Crippen molar-refractivity contribution in [3.05, 3.63) is 22.4 Å². The smallest absolute Gasteiger partial charge is 0.221 e. The number of thiophene rings is 1. The summed E-state index contributed by atoms with van der Waals surface area (Å²) >= 11 is 1.74. The van der Waals surface area contributed by atoms with Crippen LogP contribution in [0.4, 0.5) is 0 Å². The predicted molar refractivity (Wildman–Crippen MR) is 93.9 cm³/mol. The zero-order valence-corrected chi connectivity index (χ0v) is 15.0. The molecule has 2 heterocycles. The summed E-state index contributed by atoms with van der Waals surface area (Å²) in [6.07, 6.45) is 2.91. The van der Waals surface area contributed by atoms with Crippen molar-refractivity contribution in [3.63, 3.8) is 0 Å². The van der Waals surface area contributed by atoms with Crippen molar-refractivity contribution in [2.45, 2.75) is 31.3 Å². The summed E-state index contributed by atoms with van der Waals surface area (Å²) in [4.78, 5) is 15.4. The molecule has 1 aliphatic heterocycles. The Kier molecular flexibility index (Phi) is 10.2. The second kappa shape index (κ2) is 10.4. The van der Waals surface area contributed by atoms with Crippen molar-refractivity contribution in [3.8, 4) is 0 Å². The van der Waals surface area contributed by atoms with Crippen LogP contribution in [0.2, 0.25) is 0 Å². The second-order valence-corrected chi connectivity index (χ2v) is 6.28. The average molecular weight is 354 g/mol. The summed E-state index contributed by atoms with van der Waals surface area (Å²) in [5.41, 5.74) is 0. The molecule has 2 N–H and O–H groups in total. The Labute approximate surface area is 143 Å². The normalized spacial score (nSPS) is 18.7. The highest BCUT2D eigenvalue weighted by atomic mass is 35.5. The summed E-state index contributed by atoms with van der Waals surface area (Å²) < 4.78 is 0. The molecule has 1 saturated heterocycles. The average Bonchev–Trinajstić information content (AvgIpc) is 3.01. The lowest BCUT2D eigenvalue weighted by atomic mass is 10.1. The molecular weight excluding hydrogens is 329 g/mol. The van der Waals surface area contributed by atoms with Gasteiger partial charge in [-0.25, -0.2) is 0 Å². The van der Waals surface area contributed by atoms with E-state index in [0.29, 0.717) is 19.0 Å². The first kappa shape index (κ1) is 20.7. The van der Waals surface area contributed by atoms with Crippen molar-refractivity contribution >= 4 is 42.1 Å². The van der Waals surface area contributed by atoms with E-state index in [9.17, 15) is 4.79 Å². The van der Waals surface area contributed by atoms with E-state index in [0.717, 1.165) is 13.0 Å². The van der Waals surface area contributed by atoms with Crippen molar-refractivity contribution in [1.29, 1.82) is 0 Å². The van der Waals surface area contributed by atoms with Gasteiger partial charge in [0.2, 0.25) is 5.91 Å². The van der Waals surface area contributed by atoms with Gasteiger partial charge >= 0.3 is 0 Å². The van der Waals surface area contributed by atoms with Crippen molar-refractivity contribution in [1.82, 2.24) is 15.5 Å². The van der Waals surface area contributed by atoms with Crippen LogP contribution in [0.5, 0.6) is 0 Å². The summed E-state index contributed by atoms with van der Waals surface area (Å²) in [6, 6.07) is 4.82. The number of nitrogens with one attached hydrogen (secondary N) is 2. The molecule has 0 aromatic carbocycles. The first-order valence-corrected chi connectivity index (χ1v) is 7.74. The van der Waals surface area contributed by atoms with Crippen LogP contribution in [-0.2, 0) is 4.79 Å². The molecule has 7 heteroatoms. The van der Waals surface area contributed by atoms with Gasteiger partial charge in [-0.05, 0) is 44.9 Å². The first-order valence-electron chi connectivity index (χ1n) is 6.86. The lowest BCUT2D eigenvalue weighted by molar-refractivity contribution is -0.121. The number of carbonyl (C=O) groups excluding carboxylic acids is 1. The SMILES string of the molecule is CN(C)C(CNC(=O)CC1CCCN1)c1cccs1.Cl.Cl. The van der Waals surface area contributed by atoms with E-state index in [4.69, 9.17) is 0 Å². The number of amides is 1. The van der Waals surface area contributed by atoms with E-state index in [-0.39, 0.29) is 36.8 Å². The standard InChI is InChI=1S/C14H23N3OS.2ClH/c1-17(2)12(13-6-4-8-19-13)10-16-14(18)9-11-5-3-7-15-11;;/h4,6,8,11-12,15H,3,5,7,9-10H2,1-2H3,(H,16,18);2*1H. The second-order valence-electron chi connectivity index (χ2n) is 5.30. The highest BCUT2D eigenvalue weighted by Gasteiger charge is 2.20. The fraction of sp³-hybridized carbons (Fsp3) is 0.643.